The maximum Gasteiger partial charge on any atom is 0.211 e. The van der Waals surface area contributed by atoms with Crippen LogP contribution in [0.1, 0.15) is 30.6 Å². The lowest BCUT2D eigenvalue weighted by Crippen LogP contribution is -2.36. The van der Waals surface area contributed by atoms with Crippen LogP contribution in [-0.2, 0) is 9.47 Å². The van der Waals surface area contributed by atoms with Crippen LogP contribution in [0, 0.1) is 5.92 Å². The number of aliphatic hydroxyl groups is 1. The highest BCUT2D eigenvalue weighted by Crippen LogP contribution is 2.30. The molecule has 0 radical (unpaired) electrons. The maximum absolute atomic E-state index is 12.5. The van der Waals surface area contributed by atoms with E-state index in [9.17, 15) is 9.90 Å². The van der Waals surface area contributed by atoms with Crippen LogP contribution in [0.5, 0.6) is 0 Å². The number of aliphatic hydroxyl groups excluding tert-OH is 1. The topological polar surface area (TPSA) is 55.8 Å². The van der Waals surface area contributed by atoms with Gasteiger partial charge in [-0.1, -0.05) is 43.3 Å². The molecular weight excluding hydrogens is 280 g/mol. The Balaban J connectivity index is 2.21. The molecular formula is C18H22O4. The molecule has 0 heterocycles. The van der Waals surface area contributed by atoms with E-state index in [-0.39, 0.29) is 11.5 Å². The average molecular weight is 302 g/mol. The summed E-state index contributed by atoms with van der Waals surface area (Å²) >= 11 is 0. The van der Waals surface area contributed by atoms with Crippen molar-refractivity contribution in [3.63, 3.8) is 0 Å². The van der Waals surface area contributed by atoms with Crippen LogP contribution in [0.15, 0.2) is 54.3 Å². The van der Waals surface area contributed by atoms with Gasteiger partial charge in [0, 0.05) is 18.2 Å². The summed E-state index contributed by atoms with van der Waals surface area (Å²) in [5.74, 6) is -1.96. The smallest absolute Gasteiger partial charge is 0.211 e. The van der Waals surface area contributed by atoms with E-state index in [0.717, 1.165) is 6.42 Å². The predicted octanol–water partition coefficient (Wildman–Crippen LogP) is 3.66. The summed E-state index contributed by atoms with van der Waals surface area (Å²) in [6, 6.07) is 8.93. The molecule has 1 N–H and O–H groups in total. The first-order chi connectivity index (χ1) is 10.6. The predicted molar refractivity (Wildman–Crippen MR) is 84.7 cm³/mol. The van der Waals surface area contributed by atoms with Gasteiger partial charge in [-0.25, -0.2) is 0 Å². The normalized spacial score (nSPS) is 24.1. The number of ether oxygens (including phenoxy) is 2. The summed E-state index contributed by atoms with van der Waals surface area (Å²) in [6.45, 7) is 4.80. The standard InChI is InChI=1S/C18H22O4/c1-3-12-22-18(21-4-2)11-10-15(16(19)13-18)17(20)14-8-6-5-7-9-14/h5-11,13,15,19H,3-4,12H2,1-2H3. The zero-order chi connectivity index (χ0) is 16.0. The first-order valence-corrected chi connectivity index (χ1v) is 7.60. The molecule has 4 heteroatoms. The molecule has 1 aromatic rings. The van der Waals surface area contributed by atoms with Crippen molar-refractivity contribution in [2.75, 3.05) is 13.2 Å². The number of allylic oxidation sites excluding steroid dienone is 1. The monoisotopic (exact) mass is 302 g/mol. The summed E-state index contributed by atoms with van der Waals surface area (Å²) in [6.07, 6.45) is 5.68. The second-order valence-corrected chi connectivity index (χ2v) is 5.14. The minimum absolute atomic E-state index is 0.0408. The van der Waals surface area contributed by atoms with Crippen LogP contribution >= 0.6 is 0 Å². The van der Waals surface area contributed by atoms with Crippen LogP contribution in [0.2, 0.25) is 0 Å². The van der Waals surface area contributed by atoms with E-state index in [0.29, 0.717) is 18.8 Å². The number of benzene rings is 1. The molecule has 4 nitrogen and oxygen atoms in total. The Bertz CT molecular complexity index is 562. The Labute approximate surface area is 131 Å². The van der Waals surface area contributed by atoms with Crippen LogP contribution in [0.4, 0.5) is 0 Å². The second kappa shape index (κ2) is 7.38. The van der Waals surface area contributed by atoms with Crippen LogP contribution in [-0.4, -0.2) is 29.9 Å². The SMILES string of the molecule is CCCOC1(OCC)C=CC(C(=O)c2ccccc2)C(O)=C1. The maximum atomic E-state index is 12.5. The molecule has 0 spiro atoms. The number of hydrogen-bond acceptors (Lipinski definition) is 4. The Kier molecular flexibility index (Phi) is 5.52. The van der Waals surface area contributed by atoms with Gasteiger partial charge in [0.2, 0.25) is 5.79 Å². The molecule has 0 saturated heterocycles. The molecule has 0 aliphatic heterocycles. The van der Waals surface area contributed by atoms with Crippen molar-refractivity contribution in [3.8, 4) is 0 Å². The Morgan fingerprint density at radius 1 is 1.23 bits per heavy atom. The summed E-state index contributed by atoms with van der Waals surface area (Å²) in [5, 5.41) is 10.3. The molecule has 0 aromatic heterocycles. The van der Waals surface area contributed by atoms with Gasteiger partial charge in [-0.05, 0) is 19.4 Å². The van der Waals surface area contributed by atoms with Gasteiger partial charge in [-0.2, -0.15) is 0 Å². The van der Waals surface area contributed by atoms with E-state index < -0.39 is 11.7 Å². The highest BCUT2D eigenvalue weighted by atomic mass is 16.7. The average Bonchev–Trinajstić information content (AvgIpc) is 2.54. The molecule has 0 saturated carbocycles. The van der Waals surface area contributed by atoms with Crippen molar-refractivity contribution in [3.05, 3.63) is 59.9 Å². The Morgan fingerprint density at radius 2 is 1.95 bits per heavy atom. The summed E-state index contributed by atoms with van der Waals surface area (Å²) in [4.78, 5) is 12.5. The van der Waals surface area contributed by atoms with E-state index >= 15 is 0 Å². The molecule has 2 atom stereocenters. The van der Waals surface area contributed by atoms with Gasteiger partial charge >= 0.3 is 0 Å². The number of rotatable bonds is 7. The Hall–Kier alpha value is -1.91. The summed E-state index contributed by atoms with van der Waals surface area (Å²) in [7, 11) is 0. The third-order valence-corrected chi connectivity index (χ3v) is 3.43. The highest BCUT2D eigenvalue weighted by Gasteiger charge is 2.35. The van der Waals surface area contributed by atoms with Crippen molar-refractivity contribution in [2.24, 2.45) is 5.92 Å². The summed E-state index contributed by atoms with van der Waals surface area (Å²) in [5.41, 5.74) is 0.565. The van der Waals surface area contributed by atoms with Crippen LogP contribution in [0.3, 0.4) is 0 Å². The molecule has 1 aliphatic carbocycles. The van der Waals surface area contributed by atoms with E-state index in [4.69, 9.17) is 9.47 Å². The number of carbonyl (C=O) groups is 1. The van der Waals surface area contributed by atoms with Crippen molar-refractivity contribution < 1.29 is 19.4 Å². The Morgan fingerprint density at radius 3 is 2.55 bits per heavy atom. The molecule has 1 aromatic carbocycles. The van der Waals surface area contributed by atoms with E-state index in [1.54, 1.807) is 36.4 Å². The van der Waals surface area contributed by atoms with E-state index in [1.165, 1.54) is 6.08 Å². The van der Waals surface area contributed by atoms with Gasteiger partial charge in [-0.3, -0.25) is 4.79 Å². The van der Waals surface area contributed by atoms with Crippen molar-refractivity contribution >= 4 is 5.78 Å². The molecule has 2 unspecified atom stereocenters. The number of hydrogen-bond donors (Lipinski definition) is 1. The lowest BCUT2D eigenvalue weighted by atomic mass is 9.90. The highest BCUT2D eigenvalue weighted by molar-refractivity contribution is 6.00. The fourth-order valence-electron chi connectivity index (χ4n) is 2.39. The third-order valence-electron chi connectivity index (χ3n) is 3.43. The van der Waals surface area contributed by atoms with Gasteiger partial charge in [0.15, 0.2) is 5.78 Å². The molecule has 118 valence electrons. The lowest BCUT2D eigenvalue weighted by Gasteiger charge is -2.31. The van der Waals surface area contributed by atoms with Gasteiger partial charge in [0.25, 0.3) is 0 Å². The second-order valence-electron chi connectivity index (χ2n) is 5.14. The van der Waals surface area contributed by atoms with E-state index in [1.807, 2.05) is 19.9 Å². The molecule has 0 amide bonds. The van der Waals surface area contributed by atoms with Crippen LogP contribution in [0.25, 0.3) is 0 Å². The minimum atomic E-state index is -1.08. The zero-order valence-corrected chi connectivity index (χ0v) is 13.0. The van der Waals surface area contributed by atoms with Gasteiger partial charge in [-0.15, -0.1) is 0 Å². The molecule has 0 bridgehead atoms. The lowest BCUT2D eigenvalue weighted by molar-refractivity contribution is -0.171. The van der Waals surface area contributed by atoms with Crippen molar-refractivity contribution in [2.45, 2.75) is 26.1 Å². The molecule has 0 fully saturated rings. The zero-order valence-electron chi connectivity index (χ0n) is 13.0. The first-order valence-electron chi connectivity index (χ1n) is 7.60. The first kappa shape index (κ1) is 16.5. The van der Waals surface area contributed by atoms with Crippen molar-refractivity contribution in [1.29, 1.82) is 0 Å². The van der Waals surface area contributed by atoms with Gasteiger partial charge < -0.3 is 14.6 Å². The van der Waals surface area contributed by atoms with Crippen molar-refractivity contribution in [1.82, 2.24) is 0 Å². The molecule has 2 rings (SSSR count). The van der Waals surface area contributed by atoms with Crippen LogP contribution < -0.4 is 0 Å². The minimum Gasteiger partial charge on any atom is -0.511 e. The third kappa shape index (κ3) is 3.64. The molecule has 1 aliphatic rings. The van der Waals surface area contributed by atoms with E-state index in [2.05, 4.69) is 0 Å². The fraction of sp³-hybridized carbons (Fsp3) is 0.389. The fourth-order valence-corrected chi connectivity index (χ4v) is 2.39. The number of carbonyl (C=O) groups excluding carboxylic acids is 1. The summed E-state index contributed by atoms with van der Waals surface area (Å²) < 4.78 is 11.3. The van der Waals surface area contributed by atoms with Gasteiger partial charge in [0.05, 0.1) is 12.5 Å². The number of ketones is 1. The molecule has 22 heavy (non-hydrogen) atoms. The van der Waals surface area contributed by atoms with Gasteiger partial charge in [0.1, 0.15) is 5.76 Å². The quantitative estimate of drug-likeness (QED) is 0.474. The largest absolute Gasteiger partial charge is 0.511 e. The number of Topliss-reactive ketones (excluding diaryl/α,β-unsaturated/α-hetero) is 1.